The highest BCUT2D eigenvalue weighted by Crippen LogP contribution is 2.23. The topological polar surface area (TPSA) is 52.3 Å². The van der Waals surface area contributed by atoms with Crippen molar-refractivity contribution >= 4 is 23.8 Å². The number of carbonyl (C=O) groups is 1. The minimum absolute atomic E-state index is 0.0411. The summed E-state index contributed by atoms with van der Waals surface area (Å²) in [6.07, 6.45) is 3.68. The van der Waals surface area contributed by atoms with Gasteiger partial charge in [-0.25, -0.2) is 9.80 Å². The van der Waals surface area contributed by atoms with Crippen LogP contribution in [-0.4, -0.2) is 67.3 Å². The van der Waals surface area contributed by atoms with Crippen molar-refractivity contribution in [3.8, 4) is 11.3 Å². The standard InChI is InChI=1S/C20H25ClN4O2/c1-23(2)11-3-4-12-24-13-14-25(20(24)26)22-15-18-9-10-19(27-18)16-5-7-17(21)8-6-16/h5-10,15H,3-4,11-14H2,1-2H3/b22-15+. The monoisotopic (exact) mass is 388 g/mol. The van der Waals surface area contributed by atoms with Gasteiger partial charge in [-0.2, -0.15) is 5.10 Å². The Balaban J connectivity index is 1.52. The number of halogens is 1. The molecular weight excluding hydrogens is 364 g/mol. The molecule has 0 spiro atoms. The molecule has 0 N–H and O–H groups in total. The summed E-state index contributed by atoms with van der Waals surface area (Å²) in [5.41, 5.74) is 0.945. The minimum atomic E-state index is -0.0411. The van der Waals surface area contributed by atoms with Crippen LogP contribution in [0.5, 0.6) is 0 Å². The van der Waals surface area contributed by atoms with Crippen molar-refractivity contribution in [1.82, 2.24) is 14.8 Å². The zero-order chi connectivity index (χ0) is 19.2. The molecule has 2 heterocycles. The van der Waals surface area contributed by atoms with Gasteiger partial charge in [-0.1, -0.05) is 11.6 Å². The van der Waals surface area contributed by atoms with E-state index in [0.717, 1.165) is 37.3 Å². The molecule has 2 aromatic rings. The van der Waals surface area contributed by atoms with Crippen molar-refractivity contribution in [2.24, 2.45) is 5.10 Å². The highest BCUT2D eigenvalue weighted by Gasteiger charge is 2.27. The number of nitrogens with zero attached hydrogens (tertiary/aromatic N) is 4. The number of furan rings is 1. The summed E-state index contributed by atoms with van der Waals surface area (Å²) < 4.78 is 5.78. The molecule has 27 heavy (non-hydrogen) atoms. The van der Waals surface area contributed by atoms with Crippen molar-refractivity contribution < 1.29 is 9.21 Å². The van der Waals surface area contributed by atoms with E-state index in [1.165, 1.54) is 5.01 Å². The number of benzene rings is 1. The molecule has 144 valence electrons. The Morgan fingerprint density at radius 2 is 1.93 bits per heavy atom. The number of rotatable bonds is 8. The van der Waals surface area contributed by atoms with Gasteiger partial charge in [0.05, 0.1) is 12.8 Å². The fourth-order valence-electron chi connectivity index (χ4n) is 2.93. The maximum atomic E-state index is 12.4. The zero-order valence-electron chi connectivity index (χ0n) is 15.8. The highest BCUT2D eigenvalue weighted by molar-refractivity contribution is 6.30. The first-order valence-electron chi connectivity index (χ1n) is 9.14. The Hall–Kier alpha value is -2.31. The van der Waals surface area contributed by atoms with Crippen molar-refractivity contribution in [3.63, 3.8) is 0 Å². The SMILES string of the molecule is CN(C)CCCCN1CCN(/N=C/c2ccc(-c3ccc(Cl)cc3)o2)C1=O. The van der Waals surface area contributed by atoms with Crippen molar-refractivity contribution in [2.75, 3.05) is 40.3 Å². The number of amides is 2. The van der Waals surface area contributed by atoms with Gasteiger partial charge in [0.1, 0.15) is 11.5 Å². The Bertz CT molecular complexity index is 786. The van der Waals surface area contributed by atoms with Crippen LogP contribution in [0.15, 0.2) is 45.9 Å². The summed E-state index contributed by atoms with van der Waals surface area (Å²) in [5.74, 6) is 1.35. The van der Waals surface area contributed by atoms with Gasteiger partial charge in [0, 0.05) is 23.7 Å². The Morgan fingerprint density at radius 3 is 2.67 bits per heavy atom. The molecule has 3 rings (SSSR count). The van der Waals surface area contributed by atoms with Crippen molar-refractivity contribution in [1.29, 1.82) is 0 Å². The molecule has 1 saturated heterocycles. The number of hydrogen-bond acceptors (Lipinski definition) is 4. The van der Waals surface area contributed by atoms with Gasteiger partial charge in [0.15, 0.2) is 0 Å². The molecule has 2 amide bonds. The third kappa shape index (κ3) is 5.34. The van der Waals surface area contributed by atoms with E-state index < -0.39 is 0 Å². The van der Waals surface area contributed by atoms with Gasteiger partial charge in [-0.05, 0) is 69.9 Å². The molecule has 1 aromatic heterocycles. The van der Waals surface area contributed by atoms with E-state index in [-0.39, 0.29) is 6.03 Å². The van der Waals surface area contributed by atoms with Gasteiger partial charge in [0.25, 0.3) is 0 Å². The fourth-order valence-corrected chi connectivity index (χ4v) is 3.06. The van der Waals surface area contributed by atoms with Gasteiger partial charge < -0.3 is 14.2 Å². The molecule has 1 aliphatic heterocycles. The Morgan fingerprint density at radius 1 is 1.15 bits per heavy atom. The van der Waals surface area contributed by atoms with E-state index in [4.69, 9.17) is 16.0 Å². The third-order valence-electron chi connectivity index (χ3n) is 4.44. The second kappa shape index (κ2) is 9.06. The molecule has 1 fully saturated rings. The lowest BCUT2D eigenvalue weighted by molar-refractivity contribution is 0.192. The number of hydrazone groups is 1. The van der Waals surface area contributed by atoms with Crippen molar-refractivity contribution in [3.05, 3.63) is 47.2 Å². The molecule has 6 nitrogen and oxygen atoms in total. The van der Waals surface area contributed by atoms with Crippen LogP contribution < -0.4 is 0 Å². The quantitative estimate of drug-likeness (QED) is 0.507. The molecule has 0 bridgehead atoms. The summed E-state index contributed by atoms with van der Waals surface area (Å²) in [6.45, 7) is 3.14. The molecule has 1 aromatic carbocycles. The maximum absolute atomic E-state index is 12.4. The van der Waals surface area contributed by atoms with Crippen LogP contribution in [0.2, 0.25) is 5.02 Å². The molecule has 7 heteroatoms. The van der Waals surface area contributed by atoms with E-state index in [1.54, 1.807) is 6.21 Å². The summed E-state index contributed by atoms with van der Waals surface area (Å²) >= 11 is 5.91. The lowest BCUT2D eigenvalue weighted by Gasteiger charge is -2.16. The number of urea groups is 1. The normalized spacial score (nSPS) is 14.9. The minimum Gasteiger partial charge on any atom is -0.455 e. The molecule has 0 aliphatic carbocycles. The van der Waals surface area contributed by atoms with Crippen LogP contribution in [0.25, 0.3) is 11.3 Å². The average Bonchev–Trinajstić information content (AvgIpc) is 3.25. The van der Waals surface area contributed by atoms with Crippen LogP contribution in [0.3, 0.4) is 0 Å². The molecule has 0 radical (unpaired) electrons. The smallest absolute Gasteiger partial charge is 0.340 e. The first-order valence-corrected chi connectivity index (χ1v) is 9.51. The third-order valence-corrected chi connectivity index (χ3v) is 4.69. The fraction of sp³-hybridized carbons (Fsp3) is 0.400. The van der Waals surface area contributed by atoms with E-state index in [2.05, 4.69) is 24.1 Å². The average molecular weight is 389 g/mol. The van der Waals surface area contributed by atoms with E-state index in [9.17, 15) is 4.79 Å². The molecule has 1 aliphatic rings. The van der Waals surface area contributed by atoms with E-state index in [0.29, 0.717) is 23.9 Å². The van der Waals surface area contributed by atoms with E-state index in [1.807, 2.05) is 41.3 Å². The summed E-state index contributed by atoms with van der Waals surface area (Å²) in [7, 11) is 4.12. The molecular formula is C20H25ClN4O2. The van der Waals surface area contributed by atoms with Gasteiger partial charge in [0.2, 0.25) is 0 Å². The van der Waals surface area contributed by atoms with Crippen LogP contribution in [0.4, 0.5) is 4.79 Å². The van der Waals surface area contributed by atoms with Crippen LogP contribution >= 0.6 is 11.6 Å². The second-order valence-electron chi connectivity index (χ2n) is 6.86. The summed E-state index contributed by atoms with van der Waals surface area (Å²) in [6, 6.07) is 11.1. The summed E-state index contributed by atoms with van der Waals surface area (Å²) in [4.78, 5) is 16.4. The van der Waals surface area contributed by atoms with Gasteiger partial charge in [-0.3, -0.25) is 0 Å². The van der Waals surface area contributed by atoms with Gasteiger partial charge in [-0.15, -0.1) is 0 Å². The van der Waals surface area contributed by atoms with Crippen molar-refractivity contribution in [2.45, 2.75) is 12.8 Å². The first-order chi connectivity index (χ1) is 13.0. The maximum Gasteiger partial charge on any atom is 0.340 e. The Kier molecular flexibility index (Phi) is 6.53. The zero-order valence-corrected chi connectivity index (χ0v) is 16.5. The highest BCUT2D eigenvalue weighted by atomic mass is 35.5. The van der Waals surface area contributed by atoms with Crippen LogP contribution in [0, 0.1) is 0 Å². The predicted molar refractivity (Wildman–Crippen MR) is 108 cm³/mol. The summed E-state index contributed by atoms with van der Waals surface area (Å²) in [5, 5.41) is 6.48. The van der Waals surface area contributed by atoms with E-state index >= 15 is 0 Å². The van der Waals surface area contributed by atoms with Gasteiger partial charge >= 0.3 is 6.03 Å². The van der Waals surface area contributed by atoms with Crippen LogP contribution in [-0.2, 0) is 0 Å². The number of unbranched alkanes of at least 4 members (excludes halogenated alkanes) is 1. The second-order valence-corrected chi connectivity index (χ2v) is 7.29. The Labute approximate surface area is 165 Å². The largest absolute Gasteiger partial charge is 0.455 e. The predicted octanol–water partition coefficient (Wildman–Crippen LogP) is 4.01. The molecule has 0 saturated carbocycles. The van der Waals surface area contributed by atoms with Crippen LogP contribution in [0.1, 0.15) is 18.6 Å². The number of carbonyl (C=O) groups excluding carboxylic acids is 1. The lowest BCUT2D eigenvalue weighted by Crippen LogP contribution is -2.30. The number of hydrogen-bond donors (Lipinski definition) is 0. The first kappa shape index (κ1) is 19.5. The molecule has 0 unspecified atom stereocenters. The molecule has 0 atom stereocenters. The lowest BCUT2D eigenvalue weighted by atomic mass is 10.2.